The molecule has 0 aromatic carbocycles. The van der Waals surface area contributed by atoms with Crippen LogP contribution in [0.3, 0.4) is 0 Å². The zero-order chi connectivity index (χ0) is 9.84. The number of aromatic nitrogens is 2. The number of nitro groups is 1. The molecular formula is C8H11N3O2. The molecule has 5 nitrogen and oxygen atoms in total. The number of allylic oxidation sites excluding steroid dienone is 1. The highest BCUT2D eigenvalue weighted by Crippen LogP contribution is 2.08. The van der Waals surface area contributed by atoms with Crippen molar-refractivity contribution in [1.82, 2.24) is 9.78 Å². The maximum Gasteiger partial charge on any atom is 0.246 e. The molecule has 0 aliphatic carbocycles. The maximum absolute atomic E-state index is 10.5. The molecule has 5 heteroatoms. The number of hydrogen-bond donors (Lipinski definition) is 0. The van der Waals surface area contributed by atoms with Crippen LogP contribution in [0.5, 0.6) is 0 Å². The molecule has 0 fully saturated rings. The Balaban J connectivity index is 2.91. The van der Waals surface area contributed by atoms with Gasteiger partial charge in [-0.3, -0.25) is 14.8 Å². The summed E-state index contributed by atoms with van der Waals surface area (Å²) in [5.74, 6) is 0. The predicted molar refractivity (Wildman–Crippen MR) is 48.5 cm³/mol. The lowest BCUT2D eigenvalue weighted by atomic mass is 10.2. The predicted octanol–water partition coefficient (Wildman–Crippen LogP) is 1.45. The van der Waals surface area contributed by atoms with Crippen LogP contribution in [0.2, 0.25) is 0 Å². The van der Waals surface area contributed by atoms with Crippen molar-refractivity contribution in [3.63, 3.8) is 0 Å². The molecule has 0 atom stereocenters. The van der Waals surface area contributed by atoms with Gasteiger partial charge in [-0.25, -0.2) is 0 Å². The third-order valence-electron chi connectivity index (χ3n) is 1.65. The topological polar surface area (TPSA) is 61.0 Å². The van der Waals surface area contributed by atoms with E-state index in [1.807, 2.05) is 0 Å². The van der Waals surface area contributed by atoms with Gasteiger partial charge in [-0.15, -0.1) is 0 Å². The lowest BCUT2D eigenvalue weighted by Crippen LogP contribution is -1.96. The van der Waals surface area contributed by atoms with Crippen LogP contribution in [-0.2, 0) is 7.05 Å². The Morgan fingerprint density at radius 1 is 1.85 bits per heavy atom. The average Bonchev–Trinajstić information content (AvgIpc) is 2.46. The van der Waals surface area contributed by atoms with E-state index in [0.717, 1.165) is 5.56 Å². The highest BCUT2D eigenvalue weighted by molar-refractivity contribution is 5.48. The summed E-state index contributed by atoms with van der Waals surface area (Å²) >= 11 is 0. The largest absolute Gasteiger partial charge is 0.275 e. The highest BCUT2D eigenvalue weighted by Gasteiger charge is 2.07. The molecule has 0 bridgehead atoms. The van der Waals surface area contributed by atoms with Gasteiger partial charge in [0, 0.05) is 31.3 Å². The van der Waals surface area contributed by atoms with E-state index in [2.05, 4.69) is 5.10 Å². The zero-order valence-corrected chi connectivity index (χ0v) is 7.60. The quantitative estimate of drug-likeness (QED) is 0.523. The Morgan fingerprint density at radius 2 is 2.54 bits per heavy atom. The first-order chi connectivity index (χ1) is 6.13. The van der Waals surface area contributed by atoms with Gasteiger partial charge in [0.05, 0.1) is 11.1 Å². The van der Waals surface area contributed by atoms with Gasteiger partial charge in [0.1, 0.15) is 0 Å². The van der Waals surface area contributed by atoms with Crippen LogP contribution in [0, 0.1) is 10.1 Å². The minimum absolute atomic E-state index is 0.202. The molecular weight excluding hydrogens is 170 g/mol. The minimum atomic E-state index is -0.368. The smallest absolute Gasteiger partial charge is 0.246 e. The van der Waals surface area contributed by atoms with E-state index in [1.165, 1.54) is 6.08 Å². The fraction of sp³-hybridized carbons (Fsp3) is 0.375. The highest BCUT2D eigenvalue weighted by atomic mass is 16.6. The Bertz CT molecular complexity index is 341. The maximum atomic E-state index is 10.5. The SMILES string of the molecule is CC/C(=C\c1cnn(C)c1)[N+](=O)[O-]. The van der Waals surface area contributed by atoms with Crippen molar-refractivity contribution in [2.24, 2.45) is 7.05 Å². The molecule has 70 valence electrons. The molecule has 0 aliphatic rings. The first-order valence-electron chi connectivity index (χ1n) is 3.97. The lowest BCUT2D eigenvalue weighted by molar-refractivity contribution is -0.425. The van der Waals surface area contributed by atoms with E-state index in [0.29, 0.717) is 6.42 Å². The van der Waals surface area contributed by atoms with E-state index in [-0.39, 0.29) is 10.6 Å². The molecule has 0 unspecified atom stereocenters. The van der Waals surface area contributed by atoms with Crippen LogP contribution in [0.15, 0.2) is 18.1 Å². The van der Waals surface area contributed by atoms with Crippen LogP contribution in [-0.4, -0.2) is 14.7 Å². The Kier molecular flexibility index (Phi) is 2.79. The lowest BCUT2D eigenvalue weighted by Gasteiger charge is -1.91. The van der Waals surface area contributed by atoms with Crippen molar-refractivity contribution >= 4 is 6.08 Å². The summed E-state index contributed by atoms with van der Waals surface area (Å²) in [6.07, 6.45) is 5.28. The fourth-order valence-electron chi connectivity index (χ4n) is 0.991. The van der Waals surface area contributed by atoms with Crippen molar-refractivity contribution in [3.8, 4) is 0 Å². The molecule has 0 N–H and O–H groups in total. The zero-order valence-electron chi connectivity index (χ0n) is 7.60. The van der Waals surface area contributed by atoms with Crippen LogP contribution < -0.4 is 0 Å². The summed E-state index contributed by atoms with van der Waals surface area (Å²) in [6.45, 7) is 1.75. The summed E-state index contributed by atoms with van der Waals surface area (Å²) in [4.78, 5) is 10.1. The van der Waals surface area contributed by atoms with Crippen molar-refractivity contribution in [1.29, 1.82) is 0 Å². The number of hydrogen-bond acceptors (Lipinski definition) is 3. The molecule has 0 amide bonds. The third kappa shape index (κ3) is 2.40. The second-order valence-electron chi connectivity index (χ2n) is 2.69. The van der Waals surface area contributed by atoms with E-state index in [4.69, 9.17) is 0 Å². The van der Waals surface area contributed by atoms with E-state index >= 15 is 0 Å². The normalized spacial score (nSPS) is 11.7. The van der Waals surface area contributed by atoms with Gasteiger partial charge >= 0.3 is 0 Å². The molecule has 0 saturated heterocycles. The molecule has 1 rings (SSSR count). The van der Waals surface area contributed by atoms with E-state index in [1.54, 1.807) is 31.0 Å². The van der Waals surface area contributed by atoms with Gasteiger partial charge in [-0.05, 0) is 0 Å². The van der Waals surface area contributed by atoms with Crippen LogP contribution in [0.25, 0.3) is 6.08 Å². The molecule has 1 aromatic rings. The summed E-state index contributed by atoms with van der Waals surface area (Å²) in [5, 5.41) is 14.4. The molecule has 1 heterocycles. The third-order valence-corrected chi connectivity index (χ3v) is 1.65. The summed E-state index contributed by atoms with van der Waals surface area (Å²) in [6, 6.07) is 0. The van der Waals surface area contributed by atoms with E-state index in [9.17, 15) is 10.1 Å². The van der Waals surface area contributed by atoms with Gasteiger partial charge < -0.3 is 0 Å². The van der Waals surface area contributed by atoms with Crippen LogP contribution in [0.1, 0.15) is 18.9 Å². The first kappa shape index (κ1) is 9.44. The van der Waals surface area contributed by atoms with Gasteiger partial charge in [0.15, 0.2) is 0 Å². The monoisotopic (exact) mass is 181 g/mol. The van der Waals surface area contributed by atoms with Crippen molar-refractivity contribution in [2.75, 3.05) is 0 Å². The van der Waals surface area contributed by atoms with Crippen molar-refractivity contribution < 1.29 is 4.92 Å². The Hall–Kier alpha value is -1.65. The average molecular weight is 181 g/mol. The van der Waals surface area contributed by atoms with Crippen LogP contribution >= 0.6 is 0 Å². The fourth-order valence-corrected chi connectivity index (χ4v) is 0.991. The Morgan fingerprint density at radius 3 is 2.92 bits per heavy atom. The van der Waals surface area contributed by atoms with Crippen LogP contribution in [0.4, 0.5) is 0 Å². The summed E-state index contributed by atoms with van der Waals surface area (Å²) in [5.41, 5.74) is 0.962. The summed E-state index contributed by atoms with van der Waals surface area (Å²) < 4.78 is 1.61. The molecule has 0 aliphatic heterocycles. The molecule has 0 radical (unpaired) electrons. The number of rotatable bonds is 3. The second kappa shape index (κ2) is 3.84. The molecule has 0 spiro atoms. The first-order valence-corrected chi connectivity index (χ1v) is 3.97. The van der Waals surface area contributed by atoms with Gasteiger partial charge in [0.2, 0.25) is 5.70 Å². The number of nitrogens with zero attached hydrogens (tertiary/aromatic N) is 3. The van der Waals surface area contributed by atoms with Gasteiger partial charge in [-0.2, -0.15) is 5.10 Å². The minimum Gasteiger partial charge on any atom is -0.275 e. The number of aryl methyl sites for hydroxylation is 1. The van der Waals surface area contributed by atoms with E-state index < -0.39 is 0 Å². The van der Waals surface area contributed by atoms with Crippen molar-refractivity contribution in [2.45, 2.75) is 13.3 Å². The molecule has 0 saturated carbocycles. The summed E-state index contributed by atoms with van der Waals surface area (Å²) in [7, 11) is 1.77. The molecule has 13 heavy (non-hydrogen) atoms. The second-order valence-corrected chi connectivity index (χ2v) is 2.69. The standard InChI is InChI=1S/C8H11N3O2/c1-3-8(11(12)13)4-7-5-9-10(2)6-7/h4-6H,3H2,1-2H3/b8-4+. The molecule has 1 aromatic heterocycles. The van der Waals surface area contributed by atoms with Gasteiger partial charge in [-0.1, -0.05) is 6.92 Å². The van der Waals surface area contributed by atoms with Gasteiger partial charge in [0.25, 0.3) is 0 Å². The van der Waals surface area contributed by atoms with Crippen molar-refractivity contribution in [3.05, 3.63) is 33.8 Å². The Labute approximate surface area is 75.8 Å².